The van der Waals surface area contributed by atoms with Crippen LogP contribution in [0.15, 0.2) is 0 Å². The highest BCUT2D eigenvalue weighted by atomic mass is 32.2. The third-order valence-electron chi connectivity index (χ3n) is 1.95. The lowest BCUT2D eigenvalue weighted by molar-refractivity contribution is -0.0338. The predicted octanol–water partition coefficient (Wildman–Crippen LogP) is 3.08. The molecule has 0 unspecified atom stereocenters. The normalized spacial score (nSPS) is 21.2. The van der Waals surface area contributed by atoms with E-state index in [1.807, 2.05) is 0 Å². The van der Waals surface area contributed by atoms with E-state index in [0.29, 0.717) is 0 Å². The summed E-state index contributed by atoms with van der Waals surface area (Å²) in [6.07, 6.45) is 5.02. The van der Waals surface area contributed by atoms with Gasteiger partial charge in [0.05, 0.1) is 0 Å². The Bertz CT molecular complexity index is 131. The molecular formula is C7H12F3NS. The third kappa shape index (κ3) is 4.21. The molecule has 0 spiro atoms. The highest BCUT2D eigenvalue weighted by molar-refractivity contribution is 7.98. The summed E-state index contributed by atoms with van der Waals surface area (Å²) in [4.78, 5) is 0. The van der Waals surface area contributed by atoms with Crippen molar-refractivity contribution in [2.45, 2.75) is 43.7 Å². The molecule has 1 nitrogen and oxygen atoms in total. The van der Waals surface area contributed by atoms with Gasteiger partial charge in [-0.15, -0.1) is 0 Å². The molecule has 1 N–H and O–H groups in total. The first kappa shape index (κ1) is 10.2. The number of nitrogens with one attached hydrogen (secondary N) is 1. The minimum absolute atomic E-state index is 0.0605. The summed E-state index contributed by atoms with van der Waals surface area (Å²) in [5.41, 5.74) is -4.14. The van der Waals surface area contributed by atoms with Crippen LogP contribution >= 0.6 is 11.9 Å². The smallest absolute Gasteiger partial charge is 0.254 e. The number of halogens is 3. The summed E-state index contributed by atoms with van der Waals surface area (Å²) >= 11 is -0.110. The maximum Gasteiger partial charge on any atom is 0.456 e. The maximum absolute atomic E-state index is 11.7. The van der Waals surface area contributed by atoms with Crippen molar-refractivity contribution in [3.8, 4) is 0 Å². The summed E-state index contributed by atoms with van der Waals surface area (Å²) < 4.78 is 37.6. The third-order valence-corrected chi connectivity index (χ3v) is 2.63. The van der Waals surface area contributed by atoms with E-state index in [1.165, 1.54) is 0 Å². The van der Waals surface area contributed by atoms with Gasteiger partial charge in [-0.1, -0.05) is 19.3 Å². The van der Waals surface area contributed by atoms with E-state index in [-0.39, 0.29) is 18.0 Å². The quantitative estimate of drug-likeness (QED) is 0.686. The molecule has 0 atom stereocenters. The Labute approximate surface area is 74.2 Å². The molecule has 5 heteroatoms. The van der Waals surface area contributed by atoms with Crippen LogP contribution in [0.2, 0.25) is 0 Å². The lowest BCUT2D eigenvalue weighted by Crippen LogP contribution is -2.28. The molecule has 72 valence electrons. The van der Waals surface area contributed by atoms with Crippen LogP contribution in [0.1, 0.15) is 32.1 Å². The monoisotopic (exact) mass is 199 g/mol. The molecule has 1 rings (SSSR count). The summed E-state index contributed by atoms with van der Waals surface area (Å²) in [6, 6.07) is 0.0605. The zero-order valence-electron chi connectivity index (χ0n) is 6.66. The first-order chi connectivity index (χ1) is 5.58. The molecule has 0 radical (unpaired) electrons. The minimum Gasteiger partial charge on any atom is -0.254 e. The van der Waals surface area contributed by atoms with Crippen molar-refractivity contribution in [1.82, 2.24) is 4.72 Å². The van der Waals surface area contributed by atoms with E-state index in [0.717, 1.165) is 32.1 Å². The van der Waals surface area contributed by atoms with Crippen LogP contribution in [0.4, 0.5) is 13.2 Å². The second-order valence-corrected chi connectivity index (χ2v) is 3.90. The van der Waals surface area contributed by atoms with Crippen LogP contribution in [-0.2, 0) is 0 Å². The largest absolute Gasteiger partial charge is 0.456 e. The summed E-state index contributed by atoms with van der Waals surface area (Å²) in [6.45, 7) is 0. The van der Waals surface area contributed by atoms with Gasteiger partial charge in [-0.25, -0.2) is 0 Å². The second kappa shape index (κ2) is 4.37. The second-order valence-electron chi connectivity index (χ2n) is 3.00. The van der Waals surface area contributed by atoms with Crippen LogP contribution in [-0.4, -0.2) is 11.6 Å². The Morgan fingerprint density at radius 2 is 1.67 bits per heavy atom. The number of hydrogen-bond donors (Lipinski definition) is 1. The minimum atomic E-state index is -4.14. The molecule has 0 bridgehead atoms. The molecule has 12 heavy (non-hydrogen) atoms. The van der Waals surface area contributed by atoms with E-state index in [2.05, 4.69) is 4.72 Å². The van der Waals surface area contributed by atoms with Gasteiger partial charge in [0.2, 0.25) is 0 Å². The fraction of sp³-hybridized carbons (Fsp3) is 1.00. The highest BCUT2D eigenvalue weighted by Gasteiger charge is 2.30. The SMILES string of the molecule is FC(F)(F)SNC1CCCCC1. The van der Waals surface area contributed by atoms with Crippen molar-refractivity contribution in [1.29, 1.82) is 0 Å². The van der Waals surface area contributed by atoms with Crippen molar-refractivity contribution >= 4 is 11.9 Å². The molecular weight excluding hydrogens is 187 g/mol. The van der Waals surface area contributed by atoms with Crippen molar-refractivity contribution in [2.24, 2.45) is 0 Å². The average Bonchev–Trinajstić information content (AvgIpc) is 2.02. The van der Waals surface area contributed by atoms with Gasteiger partial charge in [-0.2, -0.15) is 13.2 Å². The highest BCUT2D eigenvalue weighted by Crippen LogP contribution is 2.29. The molecule has 1 fully saturated rings. The molecule has 0 heterocycles. The van der Waals surface area contributed by atoms with Crippen LogP contribution < -0.4 is 4.72 Å². The zero-order chi connectivity index (χ0) is 9.03. The molecule has 1 aliphatic rings. The molecule has 0 amide bonds. The molecule has 0 aromatic rings. The number of alkyl halides is 3. The van der Waals surface area contributed by atoms with Crippen LogP contribution in [0.3, 0.4) is 0 Å². The van der Waals surface area contributed by atoms with Gasteiger partial charge in [0.15, 0.2) is 0 Å². The number of rotatable bonds is 2. The Kier molecular flexibility index (Phi) is 3.71. The van der Waals surface area contributed by atoms with Gasteiger partial charge in [0, 0.05) is 18.0 Å². The standard InChI is InChI=1S/C7H12F3NS/c8-7(9,10)12-11-6-4-2-1-3-5-6/h6,11H,1-5H2. The molecule has 0 saturated heterocycles. The van der Waals surface area contributed by atoms with E-state index >= 15 is 0 Å². The Hall–Kier alpha value is 0.1000. The van der Waals surface area contributed by atoms with Gasteiger partial charge in [0.25, 0.3) is 0 Å². The summed E-state index contributed by atoms with van der Waals surface area (Å²) in [5.74, 6) is 0. The van der Waals surface area contributed by atoms with E-state index < -0.39 is 5.51 Å². The molecule has 0 aromatic heterocycles. The molecule has 1 saturated carbocycles. The average molecular weight is 199 g/mol. The Morgan fingerprint density at radius 3 is 2.17 bits per heavy atom. The van der Waals surface area contributed by atoms with Crippen molar-refractivity contribution < 1.29 is 13.2 Å². The first-order valence-corrected chi connectivity index (χ1v) is 4.90. The Morgan fingerprint density at radius 1 is 1.08 bits per heavy atom. The van der Waals surface area contributed by atoms with Gasteiger partial charge in [-0.3, -0.25) is 4.72 Å². The fourth-order valence-electron chi connectivity index (χ4n) is 1.37. The van der Waals surface area contributed by atoms with Crippen molar-refractivity contribution in [2.75, 3.05) is 0 Å². The van der Waals surface area contributed by atoms with E-state index in [1.54, 1.807) is 0 Å². The lowest BCUT2D eigenvalue weighted by Gasteiger charge is -2.22. The molecule has 0 aliphatic heterocycles. The molecule has 1 aliphatic carbocycles. The van der Waals surface area contributed by atoms with Crippen molar-refractivity contribution in [3.63, 3.8) is 0 Å². The van der Waals surface area contributed by atoms with E-state index in [9.17, 15) is 13.2 Å². The zero-order valence-corrected chi connectivity index (χ0v) is 7.47. The lowest BCUT2D eigenvalue weighted by atomic mass is 9.96. The topological polar surface area (TPSA) is 12.0 Å². The molecule has 0 aromatic carbocycles. The first-order valence-electron chi connectivity index (χ1n) is 4.08. The van der Waals surface area contributed by atoms with Crippen LogP contribution in [0.5, 0.6) is 0 Å². The van der Waals surface area contributed by atoms with E-state index in [4.69, 9.17) is 0 Å². The van der Waals surface area contributed by atoms with Crippen molar-refractivity contribution in [3.05, 3.63) is 0 Å². The predicted molar refractivity (Wildman–Crippen MR) is 43.7 cm³/mol. The van der Waals surface area contributed by atoms with Crippen LogP contribution in [0.25, 0.3) is 0 Å². The van der Waals surface area contributed by atoms with Gasteiger partial charge < -0.3 is 0 Å². The van der Waals surface area contributed by atoms with Gasteiger partial charge in [-0.05, 0) is 12.8 Å². The maximum atomic E-state index is 11.7. The summed E-state index contributed by atoms with van der Waals surface area (Å²) in [5, 5.41) is 0. The van der Waals surface area contributed by atoms with Crippen LogP contribution in [0, 0.1) is 0 Å². The fourth-order valence-corrected chi connectivity index (χ4v) is 1.91. The summed E-state index contributed by atoms with van der Waals surface area (Å²) in [7, 11) is 0. The van der Waals surface area contributed by atoms with Gasteiger partial charge >= 0.3 is 5.51 Å². The Balaban J connectivity index is 2.13. The number of hydrogen-bond acceptors (Lipinski definition) is 2. The van der Waals surface area contributed by atoms with Gasteiger partial charge in [0.1, 0.15) is 0 Å².